The lowest BCUT2D eigenvalue weighted by Crippen LogP contribution is -2.02. The summed E-state index contributed by atoms with van der Waals surface area (Å²) in [5.41, 5.74) is 6.23. The van der Waals surface area contributed by atoms with Crippen molar-refractivity contribution in [3.63, 3.8) is 0 Å². The zero-order valence-electron chi connectivity index (χ0n) is 18.6. The van der Waals surface area contributed by atoms with E-state index in [9.17, 15) is 0 Å². The second-order valence-electron chi connectivity index (χ2n) is 8.56. The monoisotopic (exact) mass is 394 g/mol. The van der Waals surface area contributed by atoms with E-state index in [4.69, 9.17) is 0 Å². The van der Waals surface area contributed by atoms with Crippen LogP contribution < -0.4 is 0 Å². The molecule has 4 aromatic rings. The zero-order valence-corrected chi connectivity index (χ0v) is 18.6. The summed E-state index contributed by atoms with van der Waals surface area (Å²) in [4.78, 5) is 0. The lowest BCUT2D eigenvalue weighted by Gasteiger charge is -2.17. The molecule has 154 valence electrons. The first kappa shape index (κ1) is 20.7. The average Bonchev–Trinajstić information content (AvgIpc) is 2.80. The van der Waals surface area contributed by atoms with Gasteiger partial charge in [0, 0.05) is 0 Å². The molecule has 0 nitrogen and oxygen atoms in total. The Kier molecular flexibility index (Phi) is 6.84. The molecule has 0 aliphatic carbocycles. The highest BCUT2D eigenvalue weighted by molar-refractivity contribution is 5.88. The van der Waals surface area contributed by atoms with Gasteiger partial charge in [0.25, 0.3) is 0 Å². The predicted molar refractivity (Wildman–Crippen MR) is 133 cm³/mol. The Morgan fingerprint density at radius 2 is 0.900 bits per heavy atom. The van der Waals surface area contributed by atoms with Crippen LogP contribution in [-0.4, -0.2) is 0 Å². The number of aryl methyl sites for hydroxylation is 4. The highest BCUT2D eigenvalue weighted by atomic mass is 14.2. The molecule has 0 amide bonds. The van der Waals surface area contributed by atoms with Crippen molar-refractivity contribution in [1.29, 1.82) is 0 Å². The highest BCUT2D eigenvalue weighted by Crippen LogP contribution is 2.29. The number of hydrogen-bond acceptors (Lipinski definition) is 0. The van der Waals surface area contributed by atoms with Gasteiger partial charge in [0.2, 0.25) is 0 Å². The Bertz CT molecular complexity index is 1030. The summed E-state index contributed by atoms with van der Waals surface area (Å²) >= 11 is 0. The Labute approximate surface area is 182 Å². The van der Waals surface area contributed by atoms with Crippen molar-refractivity contribution >= 4 is 21.5 Å². The number of hydrogen-bond donors (Lipinski definition) is 0. The molecule has 0 bridgehead atoms. The van der Waals surface area contributed by atoms with E-state index >= 15 is 0 Å². The maximum Gasteiger partial charge on any atom is -0.0149 e. The Morgan fingerprint density at radius 1 is 0.467 bits per heavy atom. The quantitative estimate of drug-likeness (QED) is 0.267. The Balaban J connectivity index is 1.74. The van der Waals surface area contributed by atoms with Crippen LogP contribution in [0.2, 0.25) is 0 Å². The summed E-state index contributed by atoms with van der Waals surface area (Å²) in [6.45, 7) is 4.58. The summed E-state index contributed by atoms with van der Waals surface area (Å²) in [6, 6.07) is 27.3. The molecule has 0 aromatic heterocycles. The third-order valence-electron chi connectivity index (χ3n) is 6.50. The van der Waals surface area contributed by atoms with E-state index in [0.717, 1.165) is 12.8 Å². The van der Waals surface area contributed by atoms with Gasteiger partial charge in [-0.05, 0) is 82.3 Å². The summed E-state index contributed by atoms with van der Waals surface area (Å²) in [5, 5.41) is 5.64. The van der Waals surface area contributed by atoms with Crippen LogP contribution in [0, 0.1) is 0 Å². The van der Waals surface area contributed by atoms with Gasteiger partial charge in [0.1, 0.15) is 0 Å². The summed E-state index contributed by atoms with van der Waals surface area (Å²) in [6.07, 6.45) is 9.64. The molecule has 0 saturated carbocycles. The topological polar surface area (TPSA) is 0 Å². The Hall–Kier alpha value is -2.60. The molecule has 0 spiro atoms. The van der Waals surface area contributed by atoms with E-state index in [1.807, 2.05) is 0 Å². The molecule has 30 heavy (non-hydrogen) atoms. The van der Waals surface area contributed by atoms with E-state index in [0.29, 0.717) is 0 Å². The lowest BCUT2D eigenvalue weighted by atomic mass is 9.88. The van der Waals surface area contributed by atoms with Gasteiger partial charge < -0.3 is 0 Å². The average molecular weight is 395 g/mol. The van der Waals surface area contributed by atoms with E-state index in [-0.39, 0.29) is 0 Å². The third-order valence-corrected chi connectivity index (χ3v) is 6.50. The van der Waals surface area contributed by atoms with Gasteiger partial charge in [-0.25, -0.2) is 0 Å². The fourth-order valence-corrected chi connectivity index (χ4v) is 4.81. The van der Waals surface area contributed by atoms with E-state index in [1.54, 1.807) is 22.3 Å². The molecule has 0 heteroatoms. The molecule has 0 unspecified atom stereocenters. The van der Waals surface area contributed by atoms with Crippen LogP contribution in [0.25, 0.3) is 21.5 Å². The standard InChI is InChI=1S/C30H34/c1-3-5-11-23-17-19-25-13-7-9-15-27(25)29(23)21-22-30-24(12-6-4-2)18-20-26-14-8-10-16-28(26)30/h7-10,13-20H,3-6,11-12,21-22H2,1-2H3. The number of benzene rings is 4. The first-order valence-corrected chi connectivity index (χ1v) is 11.8. The van der Waals surface area contributed by atoms with Crippen LogP contribution in [-0.2, 0) is 25.7 Å². The summed E-state index contributed by atoms with van der Waals surface area (Å²) < 4.78 is 0. The van der Waals surface area contributed by atoms with Crippen LogP contribution in [0.4, 0.5) is 0 Å². The third kappa shape index (κ3) is 4.43. The number of unbranched alkanes of at least 4 members (excludes halogenated alkanes) is 2. The van der Waals surface area contributed by atoms with Crippen molar-refractivity contribution in [1.82, 2.24) is 0 Å². The first-order valence-electron chi connectivity index (χ1n) is 11.8. The molecule has 0 radical (unpaired) electrons. The molecule has 0 aliphatic rings. The number of fused-ring (bicyclic) bond motifs is 2. The van der Waals surface area contributed by atoms with Gasteiger partial charge in [-0.2, -0.15) is 0 Å². The second kappa shape index (κ2) is 9.94. The van der Waals surface area contributed by atoms with Gasteiger partial charge in [0.15, 0.2) is 0 Å². The van der Waals surface area contributed by atoms with Crippen LogP contribution in [0.1, 0.15) is 61.8 Å². The first-order chi connectivity index (χ1) is 14.8. The zero-order chi connectivity index (χ0) is 20.8. The molecule has 0 aliphatic heterocycles. The van der Waals surface area contributed by atoms with Gasteiger partial charge in [0.05, 0.1) is 0 Å². The van der Waals surface area contributed by atoms with Crippen LogP contribution >= 0.6 is 0 Å². The molecular weight excluding hydrogens is 360 g/mol. The molecule has 0 fully saturated rings. The molecule has 0 N–H and O–H groups in total. The minimum atomic E-state index is 1.12. The van der Waals surface area contributed by atoms with Gasteiger partial charge in [-0.1, -0.05) is 99.5 Å². The normalized spacial score (nSPS) is 11.4. The van der Waals surface area contributed by atoms with Crippen molar-refractivity contribution in [2.75, 3.05) is 0 Å². The van der Waals surface area contributed by atoms with Gasteiger partial charge >= 0.3 is 0 Å². The van der Waals surface area contributed by atoms with E-state index in [1.165, 1.54) is 60.1 Å². The van der Waals surface area contributed by atoms with E-state index < -0.39 is 0 Å². The highest BCUT2D eigenvalue weighted by Gasteiger charge is 2.12. The van der Waals surface area contributed by atoms with E-state index in [2.05, 4.69) is 86.6 Å². The smallest absolute Gasteiger partial charge is 0.0149 e. The van der Waals surface area contributed by atoms with Crippen LogP contribution in [0.5, 0.6) is 0 Å². The largest absolute Gasteiger partial charge is 0.0654 e. The van der Waals surface area contributed by atoms with Crippen molar-refractivity contribution in [3.05, 3.63) is 95.1 Å². The Morgan fingerprint density at radius 3 is 1.33 bits per heavy atom. The van der Waals surface area contributed by atoms with Crippen molar-refractivity contribution in [3.8, 4) is 0 Å². The summed E-state index contributed by atoms with van der Waals surface area (Å²) in [5.74, 6) is 0. The molecule has 4 rings (SSSR count). The van der Waals surface area contributed by atoms with Crippen molar-refractivity contribution in [2.24, 2.45) is 0 Å². The van der Waals surface area contributed by atoms with Crippen molar-refractivity contribution < 1.29 is 0 Å². The fraction of sp³-hybridized carbons (Fsp3) is 0.333. The second-order valence-corrected chi connectivity index (χ2v) is 8.56. The molecule has 0 saturated heterocycles. The molecule has 0 atom stereocenters. The van der Waals surface area contributed by atoms with Gasteiger partial charge in [-0.15, -0.1) is 0 Å². The minimum Gasteiger partial charge on any atom is -0.0654 e. The van der Waals surface area contributed by atoms with Gasteiger partial charge in [-0.3, -0.25) is 0 Å². The van der Waals surface area contributed by atoms with Crippen LogP contribution in [0.15, 0.2) is 72.8 Å². The predicted octanol–water partition coefficient (Wildman–Crippen LogP) is 8.46. The number of rotatable bonds is 9. The summed E-state index contributed by atoms with van der Waals surface area (Å²) in [7, 11) is 0. The fourth-order valence-electron chi connectivity index (χ4n) is 4.81. The van der Waals surface area contributed by atoms with Crippen molar-refractivity contribution in [2.45, 2.75) is 65.2 Å². The maximum absolute atomic E-state index is 2.38. The molecular formula is C30H34. The molecule has 0 heterocycles. The lowest BCUT2D eigenvalue weighted by molar-refractivity contribution is 0.776. The SMILES string of the molecule is CCCCc1ccc2ccccc2c1CCc1c(CCCC)ccc2ccccc12. The maximum atomic E-state index is 2.38. The minimum absolute atomic E-state index is 1.12. The molecule has 4 aromatic carbocycles. The van der Waals surface area contributed by atoms with Crippen LogP contribution in [0.3, 0.4) is 0 Å².